The Bertz CT molecular complexity index is 1130. The van der Waals surface area contributed by atoms with Crippen LogP contribution < -0.4 is 0 Å². The van der Waals surface area contributed by atoms with Crippen LogP contribution in [-0.2, 0) is 11.8 Å². The van der Waals surface area contributed by atoms with Gasteiger partial charge in [-0.25, -0.2) is 9.18 Å². The van der Waals surface area contributed by atoms with Gasteiger partial charge in [0.15, 0.2) is 6.61 Å². The summed E-state index contributed by atoms with van der Waals surface area (Å²) in [5.74, 6) is -1.20. The molecule has 0 spiro atoms. The molecule has 1 aromatic carbocycles. The molecule has 0 amide bonds. The summed E-state index contributed by atoms with van der Waals surface area (Å²) < 4.78 is 22.7. The van der Waals surface area contributed by atoms with Gasteiger partial charge < -0.3 is 9.30 Å². The average molecular weight is 397 g/mol. The van der Waals surface area contributed by atoms with Gasteiger partial charge in [-0.1, -0.05) is 6.07 Å². The smallest absolute Gasteiger partial charge is 0.342 e. The number of ketones is 1. The van der Waals surface area contributed by atoms with Crippen LogP contribution in [0.5, 0.6) is 0 Å². The van der Waals surface area contributed by atoms with Crippen LogP contribution in [0.15, 0.2) is 24.3 Å². The molecular formula is C22H24FN3O3. The van der Waals surface area contributed by atoms with E-state index in [0.717, 1.165) is 5.69 Å². The van der Waals surface area contributed by atoms with E-state index in [1.165, 1.54) is 6.07 Å². The second kappa shape index (κ2) is 7.66. The molecule has 7 heteroatoms. The first-order chi connectivity index (χ1) is 13.6. The summed E-state index contributed by atoms with van der Waals surface area (Å²) in [4.78, 5) is 25.1. The van der Waals surface area contributed by atoms with E-state index in [9.17, 15) is 14.0 Å². The third kappa shape index (κ3) is 3.72. The van der Waals surface area contributed by atoms with Gasteiger partial charge in [0.05, 0.1) is 5.69 Å². The normalized spacial score (nSPS) is 11.0. The number of benzene rings is 1. The van der Waals surface area contributed by atoms with Crippen molar-refractivity contribution in [1.29, 1.82) is 0 Å². The molecule has 2 heterocycles. The van der Waals surface area contributed by atoms with Gasteiger partial charge in [-0.3, -0.25) is 9.48 Å². The third-order valence-electron chi connectivity index (χ3n) is 5.19. The van der Waals surface area contributed by atoms with Crippen LogP contribution in [0.1, 0.15) is 49.1 Å². The Hall–Kier alpha value is -3.22. The molecule has 29 heavy (non-hydrogen) atoms. The Labute approximate surface area is 168 Å². The number of carbonyl (C=O) groups is 2. The molecule has 152 valence electrons. The lowest BCUT2D eigenvalue weighted by molar-refractivity contribution is 0.0473. The Balaban J connectivity index is 1.81. The zero-order chi connectivity index (χ0) is 21.5. The molecule has 0 atom stereocenters. The van der Waals surface area contributed by atoms with Crippen LogP contribution in [0.2, 0.25) is 0 Å². The molecule has 0 radical (unpaired) electrons. The van der Waals surface area contributed by atoms with Crippen LogP contribution in [0.3, 0.4) is 0 Å². The van der Waals surface area contributed by atoms with Gasteiger partial charge in [0.2, 0.25) is 5.78 Å². The zero-order valence-corrected chi connectivity index (χ0v) is 17.5. The van der Waals surface area contributed by atoms with E-state index in [4.69, 9.17) is 4.74 Å². The number of aromatic nitrogens is 3. The Kier molecular flexibility index (Phi) is 5.42. The molecular weight excluding hydrogens is 373 g/mol. The lowest BCUT2D eigenvalue weighted by atomic mass is 10.1. The van der Waals surface area contributed by atoms with Gasteiger partial charge in [-0.15, -0.1) is 0 Å². The fraction of sp³-hybridized carbons (Fsp3) is 0.318. The second-order valence-electron chi connectivity index (χ2n) is 7.22. The molecule has 0 aliphatic carbocycles. The number of esters is 1. The van der Waals surface area contributed by atoms with Crippen molar-refractivity contribution in [2.45, 2.75) is 34.6 Å². The zero-order valence-electron chi connectivity index (χ0n) is 17.5. The summed E-state index contributed by atoms with van der Waals surface area (Å²) in [6.45, 7) is 8.44. The number of ether oxygens (including phenoxy) is 1. The van der Waals surface area contributed by atoms with Gasteiger partial charge in [-0.2, -0.15) is 5.10 Å². The molecule has 2 aromatic heterocycles. The lowest BCUT2D eigenvalue weighted by Gasteiger charge is -2.11. The molecule has 0 saturated heterocycles. The summed E-state index contributed by atoms with van der Waals surface area (Å²) in [5.41, 5.74) is 4.71. The van der Waals surface area contributed by atoms with Crippen LogP contribution in [0.25, 0.3) is 5.69 Å². The van der Waals surface area contributed by atoms with E-state index in [-0.39, 0.29) is 18.2 Å². The van der Waals surface area contributed by atoms with Gasteiger partial charge in [-0.05, 0) is 58.4 Å². The highest BCUT2D eigenvalue weighted by atomic mass is 19.1. The highest BCUT2D eigenvalue weighted by Crippen LogP contribution is 2.23. The average Bonchev–Trinajstić information content (AvgIpc) is 3.09. The minimum absolute atomic E-state index is 0.306. The van der Waals surface area contributed by atoms with Gasteiger partial charge >= 0.3 is 5.97 Å². The minimum Gasteiger partial charge on any atom is -0.454 e. The molecule has 0 unspecified atom stereocenters. The minimum atomic E-state index is -0.573. The highest BCUT2D eigenvalue weighted by molar-refractivity contribution is 6.01. The summed E-state index contributed by atoms with van der Waals surface area (Å²) in [5, 5.41) is 4.19. The summed E-state index contributed by atoms with van der Waals surface area (Å²) >= 11 is 0. The van der Waals surface area contributed by atoms with Crippen LogP contribution in [-0.4, -0.2) is 32.7 Å². The number of halogens is 1. The van der Waals surface area contributed by atoms with Crippen molar-refractivity contribution in [3.63, 3.8) is 0 Å². The van der Waals surface area contributed by atoms with Gasteiger partial charge in [0, 0.05) is 35.4 Å². The molecule has 0 N–H and O–H groups in total. The molecule has 0 aliphatic rings. The van der Waals surface area contributed by atoms with Gasteiger partial charge in [0.1, 0.15) is 11.4 Å². The van der Waals surface area contributed by atoms with Crippen molar-refractivity contribution >= 4 is 11.8 Å². The van der Waals surface area contributed by atoms with Crippen molar-refractivity contribution in [3.8, 4) is 5.69 Å². The lowest BCUT2D eigenvalue weighted by Crippen LogP contribution is -2.16. The van der Waals surface area contributed by atoms with Crippen molar-refractivity contribution < 1.29 is 18.7 Å². The largest absolute Gasteiger partial charge is 0.454 e. The van der Waals surface area contributed by atoms with Crippen LogP contribution in [0, 0.1) is 40.4 Å². The first-order valence-corrected chi connectivity index (χ1v) is 9.27. The summed E-state index contributed by atoms with van der Waals surface area (Å²) in [6.07, 6.45) is 0. The number of hydrogen-bond donors (Lipinski definition) is 0. The van der Waals surface area contributed by atoms with Crippen molar-refractivity contribution in [2.24, 2.45) is 7.05 Å². The summed E-state index contributed by atoms with van der Waals surface area (Å²) in [7, 11) is 1.74. The maximum Gasteiger partial charge on any atom is 0.342 e. The standard InChI is InChI=1S/C22H24FN3O3/c1-12-7-8-17(10-19(12)23)26-13(2)9-18(15(26)4)20(27)11-29-22(28)21-14(3)24-25(6)16(21)5/h7-10H,11H2,1-6H3. The SMILES string of the molecule is Cc1ccc(-n2c(C)cc(C(=O)COC(=O)c3c(C)nn(C)c3C)c2C)cc1F. The predicted octanol–water partition coefficient (Wildman–Crippen LogP) is 3.93. The monoisotopic (exact) mass is 397 g/mol. The Morgan fingerprint density at radius 2 is 1.76 bits per heavy atom. The van der Waals surface area contributed by atoms with Crippen LogP contribution >= 0.6 is 0 Å². The topological polar surface area (TPSA) is 66.1 Å². The van der Waals surface area contributed by atoms with Crippen molar-refractivity contribution in [1.82, 2.24) is 14.3 Å². The number of nitrogens with zero attached hydrogens (tertiary/aromatic N) is 3. The number of carbonyl (C=O) groups excluding carboxylic acids is 2. The molecule has 3 rings (SSSR count). The number of Topliss-reactive ketones (excluding diaryl/α,β-unsaturated/α-hetero) is 1. The fourth-order valence-electron chi connectivity index (χ4n) is 3.51. The fourth-order valence-corrected chi connectivity index (χ4v) is 3.51. The quantitative estimate of drug-likeness (QED) is 0.483. The molecule has 6 nitrogen and oxygen atoms in total. The van der Waals surface area contributed by atoms with Crippen LogP contribution in [0.4, 0.5) is 4.39 Å². The van der Waals surface area contributed by atoms with E-state index in [0.29, 0.717) is 39.5 Å². The van der Waals surface area contributed by atoms with E-state index in [1.54, 1.807) is 57.6 Å². The maximum atomic E-state index is 14.0. The Morgan fingerprint density at radius 3 is 2.34 bits per heavy atom. The first kappa shape index (κ1) is 20.5. The predicted molar refractivity (Wildman–Crippen MR) is 107 cm³/mol. The summed E-state index contributed by atoms with van der Waals surface area (Å²) in [6, 6.07) is 6.67. The van der Waals surface area contributed by atoms with E-state index < -0.39 is 5.97 Å². The molecule has 0 fully saturated rings. The third-order valence-corrected chi connectivity index (χ3v) is 5.19. The van der Waals surface area contributed by atoms with E-state index in [2.05, 4.69) is 5.10 Å². The molecule has 0 saturated carbocycles. The first-order valence-electron chi connectivity index (χ1n) is 9.27. The molecule has 0 bridgehead atoms. The maximum absolute atomic E-state index is 14.0. The van der Waals surface area contributed by atoms with Gasteiger partial charge in [0.25, 0.3) is 0 Å². The highest BCUT2D eigenvalue weighted by Gasteiger charge is 2.22. The van der Waals surface area contributed by atoms with E-state index in [1.807, 2.05) is 11.5 Å². The van der Waals surface area contributed by atoms with E-state index >= 15 is 0 Å². The number of hydrogen-bond acceptors (Lipinski definition) is 4. The molecule has 3 aromatic rings. The molecule has 0 aliphatic heterocycles. The number of aryl methyl sites for hydroxylation is 4. The van der Waals surface area contributed by atoms with Crippen molar-refractivity contribution in [3.05, 3.63) is 69.5 Å². The number of rotatable bonds is 5. The second-order valence-corrected chi connectivity index (χ2v) is 7.22. The Morgan fingerprint density at radius 1 is 1.07 bits per heavy atom. The van der Waals surface area contributed by atoms with Crippen molar-refractivity contribution in [2.75, 3.05) is 6.61 Å².